The SMILES string of the molecule is Cc1ccc(CC(=O)N2CCN(C(=O)NC3CCCCC3)CC2)cn1. The van der Waals surface area contributed by atoms with Gasteiger partial charge in [-0.15, -0.1) is 0 Å². The molecule has 2 heterocycles. The number of urea groups is 1. The van der Waals surface area contributed by atoms with Crippen molar-refractivity contribution in [3.63, 3.8) is 0 Å². The monoisotopic (exact) mass is 344 g/mol. The van der Waals surface area contributed by atoms with Gasteiger partial charge in [-0.2, -0.15) is 0 Å². The molecule has 1 aromatic rings. The van der Waals surface area contributed by atoms with Crippen LogP contribution >= 0.6 is 0 Å². The molecule has 2 fully saturated rings. The first-order valence-corrected chi connectivity index (χ1v) is 9.36. The lowest BCUT2D eigenvalue weighted by Crippen LogP contribution is -2.54. The van der Waals surface area contributed by atoms with Gasteiger partial charge in [0.05, 0.1) is 6.42 Å². The molecule has 3 amide bonds. The van der Waals surface area contributed by atoms with E-state index in [1.54, 1.807) is 6.20 Å². The minimum atomic E-state index is 0.0294. The molecular weight excluding hydrogens is 316 g/mol. The number of rotatable bonds is 3. The number of hydrogen-bond donors (Lipinski definition) is 1. The van der Waals surface area contributed by atoms with Gasteiger partial charge in [0.15, 0.2) is 0 Å². The molecule has 6 nitrogen and oxygen atoms in total. The lowest BCUT2D eigenvalue weighted by Gasteiger charge is -2.36. The summed E-state index contributed by atoms with van der Waals surface area (Å²) in [6, 6.07) is 4.24. The van der Waals surface area contributed by atoms with Gasteiger partial charge in [-0.05, 0) is 31.4 Å². The Balaban J connectivity index is 1.43. The number of hydrogen-bond acceptors (Lipinski definition) is 3. The zero-order chi connectivity index (χ0) is 17.6. The Kier molecular flexibility index (Phi) is 5.89. The molecule has 1 aliphatic carbocycles. The van der Waals surface area contributed by atoms with E-state index in [2.05, 4.69) is 10.3 Å². The van der Waals surface area contributed by atoms with E-state index in [0.29, 0.717) is 38.6 Å². The van der Waals surface area contributed by atoms with Gasteiger partial charge in [-0.3, -0.25) is 9.78 Å². The molecule has 25 heavy (non-hydrogen) atoms. The molecule has 0 aromatic carbocycles. The predicted molar refractivity (Wildman–Crippen MR) is 96.2 cm³/mol. The Bertz CT molecular complexity index is 588. The second-order valence-corrected chi connectivity index (χ2v) is 7.14. The minimum absolute atomic E-state index is 0.0294. The van der Waals surface area contributed by atoms with Gasteiger partial charge in [-0.1, -0.05) is 25.3 Å². The minimum Gasteiger partial charge on any atom is -0.339 e. The largest absolute Gasteiger partial charge is 0.339 e. The first-order chi connectivity index (χ1) is 12.1. The Morgan fingerprint density at radius 1 is 1.08 bits per heavy atom. The molecule has 0 bridgehead atoms. The van der Waals surface area contributed by atoms with Crippen LogP contribution < -0.4 is 5.32 Å². The van der Waals surface area contributed by atoms with Crippen LogP contribution in [0.15, 0.2) is 18.3 Å². The summed E-state index contributed by atoms with van der Waals surface area (Å²) in [5.74, 6) is 0.109. The number of amides is 3. The molecule has 0 unspecified atom stereocenters. The summed E-state index contributed by atoms with van der Waals surface area (Å²) in [4.78, 5) is 32.7. The fraction of sp³-hybridized carbons (Fsp3) is 0.632. The highest BCUT2D eigenvalue weighted by Gasteiger charge is 2.25. The number of pyridine rings is 1. The fourth-order valence-corrected chi connectivity index (χ4v) is 3.56. The van der Waals surface area contributed by atoms with E-state index in [-0.39, 0.29) is 11.9 Å². The van der Waals surface area contributed by atoms with Crippen molar-refractivity contribution in [1.82, 2.24) is 20.1 Å². The Morgan fingerprint density at radius 2 is 1.76 bits per heavy atom. The predicted octanol–water partition coefficient (Wildman–Crippen LogP) is 2.12. The number of aryl methyl sites for hydroxylation is 1. The van der Waals surface area contributed by atoms with Crippen LogP contribution in [0.3, 0.4) is 0 Å². The fourth-order valence-electron chi connectivity index (χ4n) is 3.56. The molecule has 0 spiro atoms. The highest BCUT2D eigenvalue weighted by molar-refractivity contribution is 5.79. The van der Waals surface area contributed by atoms with Crippen molar-refractivity contribution in [2.24, 2.45) is 0 Å². The summed E-state index contributed by atoms with van der Waals surface area (Å²) in [5.41, 5.74) is 1.89. The highest BCUT2D eigenvalue weighted by Crippen LogP contribution is 2.18. The number of carbonyl (C=O) groups excluding carboxylic acids is 2. The van der Waals surface area contributed by atoms with Crippen molar-refractivity contribution in [1.29, 1.82) is 0 Å². The molecule has 1 aliphatic heterocycles. The van der Waals surface area contributed by atoms with Crippen LogP contribution in [0.4, 0.5) is 4.79 Å². The number of piperazine rings is 1. The van der Waals surface area contributed by atoms with Crippen LogP contribution in [0, 0.1) is 6.92 Å². The zero-order valence-electron chi connectivity index (χ0n) is 15.0. The standard InChI is InChI=1S/C19H28N4O2/c1-15-7-8-16(14-20-15)13-18(24)22-9-11-23(12-10-22)19(25)21-17-5-3-2-4-6-17/h7-8,14,17H,2-6,9-13H2,1H3,(H,21,25). The first-order valence-electron chi connectivity index (χ1n) is 9.36. The summed E-state index contributed by atoms with van der Waals surface area (Å²) in [7, 11) is 0. The highest BCUT2D eigenvalue weighted by atomic mass is 16.2. The number of nitrogens with one attached hydrogen (secondary N) is 1. The van der Waals surface area contributed by atoms with Crippen LogP contribution in [-0.2, 0) is 11.2 Å². The Hall–Kier alpha value is -2.11. The van der Waals surface area contributed by atoms with Crippen molar-refractivity contribution >= 4 is 11.9 Å². The summed E-state index contributed by atoms with van der Waals surface area (Å²) >= 11 is 0. The summed E-state index contributed by atoms with van der Waals surface area (Å²) in [6.07, 6.45) is 8.03. The molecule has 3 rings (SSSR count). The summed E-state index contributed by atoms with van der Waals surface area (Å²) < 4.78 is 0. The summed E-state index contributed by atoms with van der Waals surface area (Å²) in [5, 5.41) is 3.15. The number of aromatic nitrogens is 1. The smallest absolute Gasteiger partial charge is 0.317 e. The van der Waals surface area contributed by atoms with E-state index < -0.39 is 0 Å². The van der Waals surface area contributed by atoms with Crippen molar-refractivity contribution in [3.05, 3.63) is 29.6 Å². The number of carbonyl (C=O) groups is 2. The molecule has 0 atom stereocenters. The van der Waals surface area contributed by atoms with Crippen molar-refractivity contribution in [2.75, 3.05) is 26.2 Å². The van der Waals surface area contributed by atoms with Gasteiger partial charge >= 0.3 is 6.03 Å². The third-order valence-electron chi connectivity index (χ3n) is 5.18. The second-order valence-electron chi connectivity index (χ2n) is 7.14. The molecule has 6 heteroatoms. The van der Waals surface area contributed by atoms with Crippen LogP contribution in [0.1, 0.15) is 43.4 Å². The average molecular weight is 344 g/mol. The molecule has 1 N–H and O–H groups in total. The lowest BCUT2D eigenvalue weighted by atomic mass is 9.96. The van der Waals surface area contributed by atoms with E-state index in [0.717, 1.165) is 24.1 Å². The Morgan fingerprint density at radius 3 is 2.40 bits per heavy atom. The quantitative estimate of drug-likeness (QED) is 0.913. The molecule has 1 aromatic heterocycles. The third-order valence-corrected chi connectivity index (χ3v) is 5.18. The van der Waals surface area contributed by atoms with E-state index >= 15 is 0 Å². The topological polar surface area (TPSA) is 65.5 Å². The molecule has 2 aliphatic rings. The molecule has 0 radical (unpaired) electrons. The number of nitrogens with zero attached hydrogens (tertiary/aromatic N) is 3. The van der Waals surface area contributed by atoms with Gasteiger partial charge in [0.2, 0.25) is 5.91 Å². The molecule has 136 valence electrons. The van der Waals surface area contributed by atoms with Crippen LogP contribution in [0.2, 0.25) is 0 Å². The van der Waals surface area contributed by atoms with Gasteiger partial charge in [-0.25, -0.2) is 4.79 Å². The maximum Gasteiger partial charge on any atom is 0.317 e. The first kappa shape index (κ1) is 17.7. The van der Waals surface area contributed by atoms with E-state index in [4.69, 9.17) is 0 Å². The third kappa shape index (κ3) is 4.94. The Labute approximate surface area is 149 Å². The van der Waals surface area contributed by atoms with Crippen molar-refractivity contribution < 1.29 is 9.59 Å². The van der Waals surface area contributed by atoms with Gasteiger partial charge in [0.1, 0.15) is 0 Å². The van der Waals surface area contributed by atoms with E-state index in [1.165, 1.54) is 19.3 Å². The molecule has 1 saturated heterocycles. The lowest BCUT2D eigenvalue weighted by molar-refractivity contribution is -0.131. The maximum atomic E-state index is 12.4. The normalized spacial score (nSPS) is 18.9. The van der Waals surface area contributed by atoms with E-state index in [9.17, 15) is 9.59 Å². The molecule has 1 saturated carbocycles. The maximum absolute atomic E-state index is 12.4. The van der Waals surface area contributed by atoms with Crippen LogP contribution in [0.5, 0.6) is 0 Å². The van der Waals surface area contributed by atoms with E-state index in [1.807, 2.05) is 28.9 Å². The van der Waals surface area contributed by atoms with Crippen LogP contribution in [-0.4, -0.2) is 58.9 Å². The molecular formula is C19H28N4O2. The summed E-state index contributed by atoms with van der Waals surface area (Å²) in [6.45, 7) is 4.36. The van der Waals surface area contributed by atoms with Crippen molar-refractivity contribution in [2.45, 2.75) is 51.5 Å². The van der Waals surface area contributed by atoms with Gasteiger partial charge in [0, 0.05) is 44.1 Å². The van der Waals surface area contributed by atoms with Crippen LogP contribution in [0.25, 0.3) is 0 Å². The second kappa shape index (κ2) is 8.32. The van der Waals surface area contributed by atoms with Gasteiger partial charge < -0.3 is 15.1 Å². The van der Waals surface area contributed by atoms with Gasteiger partial charge in [0.25, 0.3) is 0 Å². The zero-order valence-corrected chi connectivity index (χ0v) is 15.0. The average Bonchev–Trinajstić information content (AvgIpc) is 2.64. The van der Waals surface area contributed by atoms with Crippen molar-refractivity contribution in [3.8, 4) is 0 Å².